The molecule has 1 heterocycles. The first-order valence-corrected chi connectivity index (χ1v) is 8.84. The highest BCUT2D eigenvalue weighted by molar-refractivity contribution is 6.00. The predicted octanol–water partition coefficient (Wildman–Crippen LogP) is 4.87. The molecule has 4 nitrogen and oxygen atoms in total. The van der Waals surface area contributed by atoms with E-state index in [1.165, 1.54) is 5.56 Å². The summed E-state index contributed by atoms with van der Waals surface area (Å²) < 4.78 is 0. The second kappa shape index (κ2) is 8.89. The van der Waals surface area contributed by atoms with Crippen LogP contribution in [0.4, 0.5) is 11.4 Å². The van der Waals surface area contributed by atoms with Crippen LogP contribution < -0.4 is 5.32 Å². The first-order valence-electron chi connectivity index (χ1n) is 8.84. The SMILES string of the molecule is CC.Cc1ccc(Nc2cc(C#N)ccc2C(=O)N2CCCC2)cc1. The summed E-state index contributed by atoms with van der Waals surface area (Å²) >= 11 is 0. The van der Waals surface area contributed by atoms with E-state index in [4.69, 9.17) is 5.26 Å². The maximum Gasteiger partial charge on any atom is 0.255 e. The number of aryl methyl sites for hydroxylation is 1. The minimum Gasteiger partial charge on any atom is -0.355 e. The van der Waals surface area contributed by atoms with Gasteiger partial charge in [0.05, 0.1) is 22.9 Å². The van der Waals surface area contributed by atoms with Crippen LogP contribution in [0.5, 0.6) is 0 Å². The summed E-state index contributed by atoms with van der Waals surface area (Å²) in [6.45, 7) is 7.65. The van der Waals surface area contributed by atoms with Crippen molar-refractivity contribution in [1.29, 1.82) is 5.26 Å². The third-order valence-electron chi connectivity index (χ3n) is 4.10. The summed E-state index contributed by atoms with van der Waals surface area (Å²) in [7, 11) is 0. The summed E-state index contributed by atoms with van der Waals surface area (Å²) in [5.74, 6) is 0.0293. The van der Waals surface area contributed by atoms with Crippen molar-refractivity contribution in [3.8, 4) is 6.07 Å². The fourth-order valence-electron chi connectivity index (χ4n) is 2.79. The zero-order chi connectivity index (χ0) is 18.2. The number of carbonyl (C=O) groups is 1. The molecule has 1 amide bonds. The Kier molecular flexibility index (Phi) is 6.59. The lowest BCUT2D eigenvalue weighted by Gasteiger charge is -2.18. The molecule has 1 N–H and O–H groups in total. The number of anilines is 2. The van der Waals surface area contributed by atoms with Crippen LogP contribution in [0, 0.1) is 18.3 Å². The summed E-state index contributed by atoms with van der Waals surface area (Å²) in [5, 5.41) is 12.4. The largest absolute Gasteiger partial charge is 0.355 e. The normalized spacial score (nSPS) is 12.8. The molecule has 1 aliphatic rings. The Morgan fingerprint density at radius 1 is 1.08 bits per heavy atom. The third kappa shape index (κ3) is 4.60. The number of likely N-dealkylation sites (tertiary alicyclic amines) is 1. The van der Waals surface area contributed by atoms with Crippen LogP contribution in [0.25, 0.3) is 0 Å². The van der Waals surface area contributed by atoms with E-state index in [2.05, 4.69) is 11.4 Å². The lowest BCUT2D eigenvalue weighted by atomic mass is 10.1. The first-order chi connectivity index (χ1) is 12.2. The lowest BCUT2D eigenvalue weighted by molar-refractivity contribution is 0.0794. The van der Waals surface area contributed by atoms with Crippen molar-refractivity contribution in [1.82, 2.24) is 4.90 Å². The first kappa shape index (κ1) is 18.5. The van der Waals surface area contributed by atoms with Gasteiger partial charge in [-0.05, 0) is 50.1 Å². The number of benzene rings is 2. The van der Waals surface area contributed by atoms with Crippen LogP contribution in [0.15, 0.2) is 42.5 Å². The number of amides is 1. The predicted molar refractivity (Wildman–Crippen MR) is 102 cm³/mol. The molecule has 0 bridgehead atoms. The van der Waals surface area contributed by atoms with Gasteiger partial charge in [0.25, 0.3) is 5.91 Å². The molecule has 130 valence electrons. The summed E-state index contributed by atoms with van der Waals surface area (Å²) in [5.41, 5.74) is 3.92. The van der Waals surface area contributed by atoms with E-state index in [-0.39, 0.29) is 5.91 Å². The van der Waals surface area contributed by atoms with Gasteiger partial charge in [-0.1, -0.05) is 31.5 Å². The van der Waals surface area contributed by atoms with Gasteiger partial charge in [-0.15, -0.1) is 0 Å². The van der Waals surface area contributed by atoms with Gasteiger partial charge in [0.1, 0.15) is 0 Å². The van der Waals surface area contributed by atoms with Crippen molar-refractivity contribution in [2.45, 2.75) is 33.6 Å². The van der Waals surface area contributed by atoms with Gasteiger partial charge in [0.15, 0.2) is 0 Å². The molecule has 0 spiro atoms. The van der Waals surface area contributed by atoms with Crippen molar-refractivity contribution in [2.24, 2.45) is 0 Å². The van der Waals surface area contributed by atoms with Gasteiger partial charge in [0, 0.05) is 18.8 Å². The van der Waals surface area contributed by atoms with E-state index in [1.54, 1.807) is 18.2 Å². The highest BCUT2D eigenvalue weighted by Gasteiger charge is 2.22. The summed E-state index contributed by atoms with van der Waals surface area (Å²) in [4.78, 5) is 14.6. The summed E-state index contributed by atoms with van der Waals surface area (Å²) in [6.07, 6.45) is 2.12. The molecule has 3 rings (SSSR count). The molecule has 0 radical (unpaired) electrons. The van der Waals surface area contributed by atoms with Gasteiger partial charge in [-0.2, -0.15) is 5.26 Å². The number of hydrogen-bond acceptors (Lipinski definition) is 3. The second-order valence-corrected chi connectivity index (χ2v) is 5.86. The topological polar surface area (TPSA) is 56.1 Å². The van der Waals surface area contributed by atoms with Crippen LogP contribution in [-0.2, 0) is 0 Å². The fourth-order valence-corrected chi connectivity index (χ4v) is 2.79. The average Bonchev–Trinajstić information content (AvgIpc) is 3.19. The highest BCUT2D eigenvalue weighted by atomic mass is 16.2. The van der Waals surface area contributed by atoms with Gasteiger partial charge in [-0.25, -0.2) is 0 Å². The van der Waals surface area contributed by atoms with E-state index in [0.717, 1.165) is 31.6 Å². The van der Waals surface area contributed by atoms with Crippen LogP contribution in [0.2, 0.25) is 0 Å². The van der Waals surface area contributed by atoms with Gasteiger partial charge in [0.2, 0.25) is 0 Å². The van der Waals surface area contributed by atoms with Gasteiger partial charge in [-0.3, -0.25) is 4.79 Å². The number of nitrogens with one attached hydrogen (secondary N) is 1. The van der Waals surface area contributed by atoms with E-state index in [0.29, 0.717) is 16.8 Å². The van der Waals surface area contributed by atoms with E-state index in [1.807, 2.05) is 49.9 Å². The number of carbonyl (C=O) groups excluding carboxylic acids is 1. The van der Waals surface area contributed by atoms with E-state index in [9.17, 15) is 4.79 Å². The van der Waals surface area contributed by atoms with Crippen LogP contribution >= 0.6 is 0 Å². The maximum absolute atomic E-state index is 12.7. The number of nitriles is 1. The molecule has 0 aliphatic carbocycles. The molecule has 1 saturated heterocycles. The Balaban J connectivity index is 0.00000109. The molecule has 4 heteroatoms. The molecule has 1 fully saturated rings. The quantitative estimate of drug-likeness (QED) is 0.870. The van der Waals surface area contributed by atoms with Crippen molar-refractivity contribution in [3.63, 3.8) is 0 Å². The fraction of sp³-hybridized carbons (Fsp3) is 0.333. The lowest BCUT2D eigenvalue weighted by Crippen LogP contribution is -2.28. The Hall–Kier alpha value is -2.80. The van der Waals surface area contributed by atoms with Crippen LogP contribution in [-0.4, -0.2) is 23.9 Å². The van der Waals surface area contributed by atoms with E-state index < -0.39 is 0 Å². The average molecular weight is 335 g/mol. The molecule has 25 heavy (non-hydrogen) atoms. The monoisotopic (exact) mass is 335 g/mol. The van der Waals surface area contributed by atoms with E-state index >= 15 is 0 Å². The van der Waals surface area contributed by atoms with Gasteiger partial charge < -0.3 is 10.2 Å². The van der Waals surface area contributed by atoms with Crippen molar-refractivity contribution >= 4 is 17.3 Å². The molecule has 0 unspecified atom stereocenters. The van der Waals surface area contributed by atoms with Gasteiger partial charge >= 0.3 is 0 Å². The smallest absolute Gasteiger partial charge is 0.255 e. The van der Waals surface area contributed by atoms with Crippen molar-refractivity contribution in [2.75, 3.05) is 18.4 Å². The third-order valence-corrected chi connectivity index (χ3v) is 4.10. The minimum atomic E-state index is 0.0293. The standard InChI is InChI=1S/C19H19N3O.C2H6/c1-14-4-7-16(8-5-14)21-18-12-15(13-20)6-9-17(18)19(23)22-10-2-3-11-22;1-2/h4-9,12,21H,2-3,10-11H2,1H3;1-2H3. The Morgan fingerprint density at radius 3 is 2.32 bits per heavy atom. The van der Waals surface area contributed by atoms with Crippen molar-refractivity contribution in [3.05, 3.63) is 59.2 Å². The number of rotatable bonds is 3. The number of nitrogens with zero attached hydrogens (tertiary/aromatic N) is 2. The number of hydrogen-bond donors (Lipinski definition) is 1. The molecule has 0 aromatic heterocycles. The molecule has 2 aromatic carbocycles. The zero-order valence-corrected chi connectivity index (χ0v) is 15.2. The molecule has 1 aliphatic heterocycles. The maximum atomic E-state index is 12.7. The molecule has 2 aromatic rings. The second-order valence-electron chi connectivity index (χ2n) is 5.86. The van der Waals surface area contributed by atoms with Crippen LogP contribution in [0.3, 0.4) is 0 Å². The van der Waals surface area contributed by atoms with Crippen LogP contribution in [0.1, 0.15) is 48.2 Å². The Bertz CT molecular complexity index is 754. The Morgan fingerprint density at radius 2 is 1.72 bits per heavy atom. The molecular formula is C21H25N3O. The highest BCUT2D eigenvalue weighted by Crippen LogP contribution is 2.25. The molecular weight excluding hydrogens is 310 g/mol. The minimum absolute atomic E-state index is 0.0293. The Labute approximate surface area is 150 Å². The van der Waals surface area contributed by atoms with Crippen molar-refractivity contribution < 1.29 is 4.79 Å². The summed E-state index contributed by atoms with van der Waals surface area (Å²) in [6, 6.07) is 15.3. The molecule has 0 atom stereocenters. The zero-order valence-electron chi connectivity index (χ0n) is 15.2. The molecule has 0 saturated carbocycles.